The van der Waals surface area contributed by atoms with Crippen molar-refractivity contribution < 1.29 is 101 Å². The Balaban J connectivity index is 0.000000173. The van der Waals surface area contributed by atoms with E-state index in [2.05, 4.69) is 135 Å². The van der Waals surface area contributed by atoms with Gasteiger partial charge in [0, 0.05) is 49.2 Å². The van der Waals surface area contributed by atoms with Crippen LogP contribution in [0.4, 0.5) is 0 Å². The summed E-state index contributed by atoms with van der Waals surface area (Å²) in [6.07, 6.45) is 8.87. The van der Waals surface area contributed by atoms with Gasteiger partial charge in [-0.25, -0.2) is 0 Å². The van der Waals surface area contributed by atoms with Gasteiger partial charge in [0.25, 0.3) is 0 Å². The van der Waals surface area contributed by atoms with Gasteiger partial charge in [0.05, 0.1) is 72.9 Å². The van der Waals surface area contributed by atoms with E-state index in [1.165, 1.54) is 36.8 Å². The van der Waals surface area contributed by atoms with Crippen molar-refractivity contribution in [3.8, 4) is 0 Å². The lowest BCUT2D eigenvalue weighted by molar-refractivity contribution is -0.158. The second kappa shape index (κ2) is 35.8. The number of nitrogens with zero attached hydrogens (tertiary/aromatic N) is 1. The highest BCUT2D eigenvalue weighted by Crippen LogP contribution is 2.66. The molecule has 2 N–H and O–H groups in total. The van der Waals surface area contributed by atoms with Gasteiger partial charge in [-0.3, -0.25) is 77.3 Å². The Hall–Kier alpha value is -7.04. The highest BCUT2D eigenvalue weighted by molar-refractivity contribution is 6.05. The van der Waals surface area contributed by atoms with E-state index in [-0.39, 0.29) is 136 Å². The average molecular weight is 1550 g/mol. The van der Waals surface area contributed by atoms with Gasteiger partial charge >= 0.3 is 59.7 Å². The molecule has 16 aliphatic rings. The van der Waals surface area contributed by atoms with E-state index in [0.29, 0.717) is 97.1 Å². The molecular formula is C88H132N2O21. The van der Waals surface area contributed by atoms with E-state index in [1.807, 2.05) is 20.8 Å². The lowest BCUT2D eigenvalue weighted by Crippen LogP contribution is -2.38. The van der Waals surface area contributed by atoms with Gasteiger partial charge in [0.2, 0.25) is 23.6 Å². The monoisotopic (exact) mass is 1550 g/mol. The Morgan fingerprint density at radius 3 is 1.23 bits per heavy atom. The molecule has 8 aliphatic heterocycles. The molecule has 620 valence electrons. The number of benzene rings is 1. The van der Waals surface area contributed by atoms with Crippen LogP contribution in [0, 0.1) is 176 Å². The maximum absolute atomic E-state index is 11.8. The van der Waals surface area contributed by atoms with Crippen molar-refractivity contribution in [1.29, 1.82) is 0 Å². The smallest absolute Gasteiger partial charge is 0.320 e. The van der Waals surface area contributed by atoms with E-state index in [1.54, 1.807) is 48.5 Å². The number of aliphatic hydroxyl groups is 1. The molecule has 1 aromatic carbocycles. The topological polar surface area (TPSA) is 330 Å². The van der Waals surface area contributed by atoms with E-state index in [9.17, 15) is 67.1 Å². The molecule has 29 atom stereocenters. The fourth-order valence-electron chi connectivity index (χ4n) is 21.2. The van der Waals surface area contributed by atoms with Gasteiger partial charge in [-0.05, 0) is 163 Å². The lowest BCUT2D eigenvalue weighted by Gasteiger charge is -2.39. The first-order valence-electron chi connectivity index (χ1n) is 41.2. The van der Waals surface area contributed by atoms with Crippen LogP contribution in [0.2, 0.25) is 0 Å². The zero-order valence-corrected chi connectivity index (χ0v) is 70.9. The molecule has 2 spiro atoms. The van der Waals surface area contributed by atoms with Crippen LogP contribution >= 0.6 is 0 Å². The van der Waals surface area contributed by atoms with Crippen LogP contribution < -0.4 is 5.32 Å². The molecule has 23 heteroatoms. The summed E-state index contributed by atoms with van der Waals surface area (Å²) in [6, 6.07) is 10.7. The number of fused-ring (bicyclic) bond motifs is 16. The normalized spacial score (nSPS) is 41.2. The second-order valence-electron chi connectivity index (χ2n) is 37.2. The molecule has 16 fully saturated rings. The van der Waals surface area contributed by atoms with Gasteiger partial charge < -0.3 is 33.5 Å². The zero-order chi connectivity index (χ0) is 83.7. The minimum absolute atomic E-state index is 0.0393. The van der Waals surface area contributed by atoms with E-state index >= 15 is 0 Å². The summed E-state index contributed by atoms with van der Waals surface area (Å²) in [5.41, 5.74) is 1.24. The quantitative estimate of drug-likeness (QED) is 0.120. The molecule has 17 rings (SSSR count). The van der Waals surface area contributed by atoms with Gasteiger partial charge in [0.15, 0.2) is 0 Å². The van der Waals surface area contributed by atoms with Gasteiger partial charge in [-0.1, -0.05) is 183 Å². The number of carbonyl (C=O) groups excluding carboxylic acids is 14. The number of amides is 4. The summed E-state index contributed by atoms with van der Waals surface area (Å²) in [7, 11) is 2.53. The number of carbonyl (C=O) groups is 14. The number of hydrogen-bond donors (Lipinski definition) is 2. The first-order chi connectivity index (χ1) is 51.7. The fraction of sp³-hybridized carbons (Fsp3) is 0.773. The summed E-state index contributed by atoms with van der Waals surface area (Å²) < 4.78 is 28.5. The predicted molar refractivity (Wildman–Crippen MR) is 411 cm³/mol. The van der Waals surface area contributed by atoms with Crippen LogP contribution in [-0.4, -0.2) is 121 Å². The zero-order valence-electron chi connectivity index (χ0n) is 70.9. The third-order valence-electron chi connectivity index (χ3n) is 31.2. The summed E-state index contributed by atoms with van der Waals surface area (Å²) in [5, 5.41) is 9.24. The number of esters is 10. The molecule has 8 aliphatic carbocycles. The average Bonchev–Trinajstić information content (AvgIpc) is 1.57. The van der Waals surface area contributed by atoms with Crippen molar-refractivity contribution in [3.05, 3.63) is 35.9 Å². The van der Waals surface area contributed by atoms with Crippen molar-refractivity contribution in [3.63, 3.8) is 0 Å². The second-order valence-corrected chi connectivity index (χ2v) is 37.2. The maximum Gasteiger partial charge on any atom is 0.320 e. The fourth-order valence-corrected chi connectivity index (χ4v) is 21.2. The van der Waals surface area contributed by atoms with Crippen molar-refractivity contribution in [2.24, 2.45) is 176 Å². The van der Waals surface area contributed by atoms with Gasteiger partial charge in [-0.2, -0.15) is 0 Å². The van der Waals surface area contributed by atoms with E-state index < -0.39 is 28.7 Å². The minimum atomic E-state index is -0.545. The van der Waals surface area contributed by atoms with Crippen molar-refractivity contribution in [2.75, 3.05) is 27.4 Å². The molecule has 8 bridgehead atoms. The first-order valence-corrected chi connectivity index (χ1v) is 41.2. The summed E-state index contributed by atoms with van der Waals surface area (Å²) in [4.78, 5) is 156. The number of cyclic esters (lactones) is 10. The molecule has 0 aromatic heterocycles. The molecule has 8 saturated heterocycles. The van der Waals surface area contributed by atoms with Gasteiger partial charge in [0.1, 0.15) is 0 Å². The van der Waals surface area contributed by atoms with Gasteiger partial charge in [-0.15, -0.1) is 0 Å². The Morgan fingerprint density at radius 2 is 0.883 bits per heavy atom. The Bertz CT molecular complexity index is 3520. The van der Waals surface area contributed by atoms with Crippen LogP contribution in [0.5, 0.6) is 0 Å². The number of hydrogen-bond acceptors (Lipinski definition) is 21. The molecule has 4 amide bonds. The molecule has 23 nitrogen and oxygen atoms in total. The van der Waals surface area contributed by atoms with Crippen molar-refractivity contribution in [2.45, 2.75) is 229 Å². The number of rotatable bonds is 2. The van der Waals surface area contributed by atoms with Crippen LogP contribution in [-0.2, 0) is 101 Å². The Labute approximate surface area is 658 Å². The Kier molecular flexibility index (Phi) is 29.4. The predicted octanol–water partition coefficient (Wildman–Crippen LogP) is 12.9. The summed E-state index contributed by atoms with van der Waals surface area (Å²) in [6.45, 7) is 49.3. The van der Waals surface area contributed by atoms with Crippen LogP contribution in [0.15, 0.2) is 30.3 Å². The number of nitrogens with one attached hydrogen (secondary N) is 1. The van der Waals surface area contributed by atoms with Crippen molar-refractivity contribution >= 4 is 83.3 Å². The summed E-state index contributed by atoms with van der Waals surface area (Å²) in [5.74, 6) is 7.15. The third-order valence-corrected chi connectivity index (χ3v) is 31.2. The molecule has 0 radical (unpaired) electrons. The summed E-state index contributed by atoms with van der Waals surface area (Å²) >= 11 is 0. The molecule has 111 heavy (non-hydrogen) atoms. The Morgan fingerprint density at radius 1 is 0.450 bits per heavy atom. The first kappa shape index (κ1) is 91.1. The molecule has 29 unspecified atom stereocenters. The van der Waals surface area contributed by atoms with E-state index in [0.717, 1.165) is 67.8 Å². The molecule has 8 saturated carbocycles. The highest BCUT2D eigenvalue weighted by atomic mass is 16.6. The number of aliphatic hydroxyl groups excluding tert-OH is 1. The standard InChI is InChI=1S/C13H20.C12H16O3.C12H18O2.C11H14O3.C11H16O2.C7H11NO2.C7H10O3.C6H9NO2.C6H8O3.C2H6.CH4O/c1-12(2,3)13(4,5)11-9-7-6-8-10-11;1-6-7(2)9-3-8(6)4-12(9)5-10(13)15-11(12)14;1-7-8(2)10-3-9(7)4-12(10)5-11(13)14-6-12;1-4-5(2)7-3-6(4)8-9(7)11(13)14-10(8)12;1-5-6(2)8-3-7(5)9-4-13-11(12)10(8)9;1-4-5(2)7(10)8(3)6(4)9;1-3-7(2)4-5(8)10-6(7)9;1-3-4(2)6(9)7-5(3)8;1-3-4(2)6(8)9-5(3)7;2*1-2/h6-10H,1-5H3;6-9H,3-5H2,1-2H3;7-10H,3-6H2,1-2H3;4-9H,3H2,1-2H3;5-10H,3-4H2,1-2H3;4-5H,1-3H3;3-4H2,1-2H3;3-4H,1-2H3,(H,7,8,9);3-4H,1-2H3;1-2H3;2H,1H3. The molecule has 1 aromatic rings. The lowest BCUT2D eigenvalue weighted by atomic mass is 9.65. The van der Waals surface area contributed by atoms with E-state index in [4.69, 9.17) is 24.1 Å². The number of ether oxygens (including phenoxy) is 6. The minimum Gasteiger partial charge on any atom is -0.465 e. The SMILES string of the molecule is CC.CC(C)(C)C(C)(C)c1ccccc1.CC1C(=O)N(C)C(=O)C1C.CC1C(=O)NC(=O)C1C.CC1C(=O)OC(=O)C1C.CC1C(C)C2CC1C1C(=O)OC(=O)C21.CC1C(C)C2CC1C1COC(=O)C21.CC1C2CC(C1C)C1(CC(=O)OC1=O)C2.CC1C2CC(C1C)C1(COC(=O)C1)C2.CCC1(C)CC(=O)OC1=O.CO. The van der Waals surface area contributed by atoms with Crippen LogP contribution in [0.25, 0.3) is 0 Å². The van der Waals surface area contributed by atoms with Crippen LogP contribution in [0.1, 0.15) is 229 Å². The largest absolute Gasteiger partial charge is 0.465 e. The maximum atomic E-state index is 11.8. The number of imide groups is 2. The van der Waals surface area contributed by atoms with Crippen LogP contribution in [0.3, 0.4) is 0 Å². The third kappa shape index (κ3) is 17.8. The molecular weight excluding hydrogens is 1420 g/mol. The van der Waals surface area contributed by atoms with Crippen molar-refractivity contribution in [1.82, 2.24) is 10.2 Å². The highest BCUT2D eigenvalue weighted by Gasteiger charge is 2.67. The molecule has 8 heterocycles. The number of likely N-dealkylation sites (tertiary alicyclic amines) is 1.